The average Bonchev–Trinajstić information content (AvgIpc) is 0. The molecule has 0 aromatic carbocycles. The molecular weight excluding hydrogens is 779 g/mol. The van der Waals surface area contributed by atoms with Crippen molar-refractivity contribution >= 4 is 91.0 Å². The summed E-state index contributed by atoms with van der Waals surface area (Å²) in [5.74, 6) is 0. The van der Waals surface area contributed by atoms with E-state index in [-0.39, 0.29) is 118 Å². The Morgan fingerprint density at radius 2 is 0.333 bits per heavy atom. The van der Waals surface area contributed by atoms with Crippen molar-refractivity contribution in [3.63, 3.8) is 0 Å². The molecule has 0 rings (SSSR count). The summed E-state index contributed by atoms with van der Waals surface area (Å²) >= 11 is 0. The molecule has 0 heterocycles. The molecule has 0 atom stereocenters. The van der Waals surface area contributed by atoms with Crippen LogP contribution in [0.25, 0.3) is 0 Å². The fourth-order valence-electron chi connectivity index (χ4n) is 0. The van der Waals surface area contributed by atoms with Gasteiger partial charge in [-0.2, -0.15) is 0 Å². The van der Waals surface area contributed by atoms with Crippen LogP contribution in [-0.2, 0) is 27.4 Å². The zero-order chi connectivity index (χ0) is 0. The van der Waals surface area contributed by atoms with E-state index in [1.807, 2.05) is 0 Å². The Hall–Kier alpha value is 0.761. The maximum absolute atomic E-state index is 0. The van der Waals surface area contributed by atoms with Gasteiger partial charge < -0.3 is 27.4 Å². The van der Waals surface area contributed by atoms with E-state index in [0.717, 1.165) is 0 Å². The van der Waals surface area contributed by atoms with E-state index in [9.17, 15) is 0 Å². The Kier molecular flexibility index (Phi) is 131000. The van der Waals surface area contributed by atoms with Gasteiger partial charge >= 0.3 is 91.0 Å². The van der Waals surface area contributed by atoms with E-state index in [4.69, 9.17) is 0 Å². The van der Waals surface area contributed by atoms with E-state index in [1.165, 1.54) is 0 Å². The van der Waals surface area contributed by atoms with Gasteiger partial charge in [-0.1, -0.05) is 0 Å². The second-order valence-corrected chi connectivity index (χ2v) is 0. The fraction of sp³-hybridized carbons (Fsp3) is 0. The average molecular weight is 779 g/mol. The Balaban J connectivity index is 0. The van der Waals surface area contributed by atoms with E-state index in [1.54, 1.807) is 0 Å². The van der Waals surface area contributed by atoms with Crippen molar-refractivity contribution in [1.29, 1.82) is 0 Å². The van der Waals surface area contributed by atoms with Crippen molar-refractivity contribution in [3.05, 3.63) is 0 Å². The Morgan fingerprint density at radius 1 is 0.333 bits per heavy atom. The first kappa shape index (κ1) is 1290. The molecule has 0 amide bonds. The molecule has 2 radical (unpaired) electrons. The largest absolute Gasteiger partial charge is 2.00 e. The Labute approximate surface area is 116 Å². The summed E-state index contributed by atoms with van der Waals surface area (Å²) in [6.45, 7) is 0. The van der Waals surface area contributed by atoms with Crippen molar-refractivity contribution in [3.8, 4) is 0 Å². The summed E-state index contributed by atoms with van der Waals surface area (Å²) in [6.07, 6.45) is 0. The minimum absolute atomic E-state index is 0. The second kappa shape index (κ2) is 911. The van der Waals surface area contributed by atoms with Crippen LogP contribution < -0.4 is 0 Å². The molecule has 0 aliphatic carbocycles. The molecule has 0 aromatic rings. The normalized spacial score (nSPS) is 0. The Morgan fingerprint density at radius 3 is 0.333 bits per heavy atom. The second-order valence-electron chi connectivity index (χ2n) is 0. The molecule has 0 bridgehead atoms. The topological polar surface area (TPSA) is 142 Å². The van der Waals surface area contributed by atoms with Gasteiger partial charge in [0.1, 0.15) is 0 Å². The molecule has 0 fully saturated rings. The van der Waals surface area contributed by atoms with Crippen molar-refractivity contribution in [2.75, 3.05) is 0 Å². The number of rotatable bonds is 0. The zero-order valence-corrected chi connectivity index (χ0v) is 15.2. The van der Waals surface area contributed by atoms with Gasteiger partial charge in [0.05, 0.1) is 0 Å². The summed E-state index contributed by atoms with van der Waals surface area (Å²) in [5, 5.41) is 0. The van der Waals surface area contributed by atoms with Gasteiger partial charge in [-0.25, -0.2) is 0 Å². The van der Waals surface area contributed by atoms with Crippen molar-refractivity contribution in [1.82, 2.24) is 0 Å². The van der Waals surface area contributed by atoms with Crippen molar-refractivity contribution in [2.24, 2.45) is 0 Å². The summed E-state index contributed by atoms with van der Waals surface area (Å²) < 4.78 is 0. The maximum atomic E-state index is 0. The van der Waals surface area contributed by atoms with Crippen LogP contribution in [0.4, 0.5) is 0 Å². The fourth-order valence-corrected chi connectivity index (χ4v) is 0. The molecule has 0 N–H and O–H groups in total. The molecule has 0 saturated carbocycles. The molecule has 0 aliphatic rings. The van der Waals surface area contributed by atoms with Crippen LogP contribution in [0.5, 0.6) is 0 Å². The monoisotopic (exact) mass is 780 g/mol. The van der Waals surface area contributed by atoms with Crippen LogP contribution in [0.15, 0.2) is 0 Å². The van der Waals surface area contributed by atoms with E-state index in [0.29, 0.717) is 0 Å². The van der Waals surface area contributed by atoms with Crippen LogP contribution in [-0.4, -0.2) is 91.0 Å². The van der Waals surface area contributed by atoms with Gasteiger partial charge in [0, 0.05) is 0 Å². The molecule has 9 heteroatoms. The summed E-state index contributed by atoms with van der Waals surface area (Å²) in [6, 6.07) is 0. The third kappa shape index (κ3) is 691. The van der Waals surface area contributed by atoms with Gasteiger partial charge in [0.15, 0.2) is 0 Å². The minimum atomic E-state index is 0. The third-order valence-electron chi connectivity index (χ3n) is 0. The summed E-state index contributed by atoms with van der Waals surface area (Å²) in [7, 11) is 0. The quantitative estimate of drug-likeness (QED) is 0.269. The third-order valence-corrected chi connectivity index (χ3v) is 0. The minimum Gasteiger partial charge on any atom is -2.00 e. The summed E-state index contributed by atoms with van der Waals surface area (Å²) in [4.78, 5) is 0. The predicted octanol–water partition coefficient (Wildman–Crippen LogP) is -1.36. The van der Waals surface area contributed by atoms with Crippen molar-refractivity contribution in [2.45, 2.75) is 0 Å². The van der Waals surface area contributed by atoms with Crippen LogP contribution in [0.2, 0.25) is 0 Å². The zero-order valence-electron chi connectivity index (χ0n) is 3.97. The van der Waals surface area contributed by atoms with Crippen LogP contribution >= 0.6 is 0 Å². The molecular formula is Lr2O5Sr2-6. The number of hydrogen-bond donors (Lipinski definition) is 0. The van der Waals surface area contributed by atoms with E-state index >= 15 is 0 Å². The molecule has 70 valence electrons. The van der Waals surface area contributed by atoms with Crippen molar-refractivity contribution < 1.29 is 27.4 Å². The van der Waals surface area contributed by atoms with Gasteiger partial charge in [0.25, 0.3) is 0 Å². The van der Waals surface area contributed by atoms with Gasteiger partial charge in [-0.05, 0) is 0 Å². The van der Waals surface area contributed by atoms with E-state index in [2.05, 4.69) is 0 Å². The first-order valence-electron chi connectivity index (χ1n) is 0. The first-order valence-corrected chi connectivity index (χ1v) is 0. The van der Waals surface area contributed by atoms with Crippen LogP contribution in [0, 0.1) is 0 Å². The molecule has 5 nitrogen and oxygen atoms in total. The molecule has 9 heavy (non-hydrogen) atoms. The standard InChI is InChI=1S/2Lr.5O.2Sr/q;;5*-2;2*+2. The van der Waals surface area contributed by atoms with Crippen LogP contribution in [0.3, 0.4) is 0 Å². The Bertz CT molecular complexity index is 12.9. The number of hydrogen-bond acceptors (Lipinski definition) is 0. The molecule has 0 saturated heterocycles. The smallest absolute Gasteiger partial charge is 2.00 e. The SMILES string of the molecule is [Lr].[Lr].[O-2].[O-2].[O-2].[O-2].[O-2].[Sr+2].[Sr+2]. The summed E-state index contributed by atoms with van der Waals surface area (Å²) in [5.41, 5.74) is 0. The van der Waals surface area contributed by atoms with Gasteiger partial charge in [-0.15, -0.1) is 0 Å². The van der Waals surface area contributed by atoms with E-state index < -0.39 is 0 Å². The molecule has 0 aromatic heterocycles. The van der Waals surface area contributed by atoms with Gasteiger partial charge in [-0.3, -0.25) is 0 Å². The molecule has 0 unspecified atom stereocenters. The molecule has 0 aliphatic heterocycles. The first-order chi connectivity index (χ1) is 0. The molecule has 0 spiro atoms. The van der Waals surface area contributed by atoms with Crippen LogP contribution in [0.1, 0.15) is 0 Å². The van der Waals surface area contributed by atoms with Gasteiger partial charge in [0.2, 0.25) is 0 Å². The predicted molar refractivity (Wildman–Crippen MR) is 14.9 cm³/mol. The maximum Gasteiger partial charge on any atom is 2.00 e.